The van der Waals surface area contributed by atoms with Gasteiger partial charge in [-0.2, -0.15) is 0 Å². The summed E-state index contributed by atoms with van der Waals surface area (Å²) in [5.74, 6) is 0. The van der Waals surface area contributed by atoms with Crippen molar-refractivity contribution >= 4 is 22.9 Å². The maximum absolute atomic E-state index is 6.03. The molecule has 0 saturated carbocycles. The minimum Gasteiger partial charge on any atom is -0.318 e. The van der Waals surface area contributed by atoms with Gasteiger partial charge in [-0.05, 0) is 12.1 Å². The van der Waals surface area contributed by atoms with E-state index >= 15 is 0 Å². The van der Waals surface area contributed by atoms with Crippen LogP contribution in [-0.2, 0) is 7.05 Å². The van der Waals surface area contributed by atoms with Crippen LogP contribution in [-0.4, -0.2) is 15.0 Å². The zero-order chi connectivity index (χ0) is 10.1. The lowest BCUT2D eigenvalue weighted by Gasteiger charge is -2.07. The number of nitrogens with two attached hydrogens (primary N) is 1. The van der Waals surface area contributed by atoms with Gasteiger partial charge in [0.05, 0.1) is 22.3 Å². The van der Waals surface area contributed by atoms with E-state index in [2.05, 4.69) is 10.3 Å². The van der Waals surface area contributed by atoms with E-state index in [0.29, 0.717) is 0 Å². The number of aromatic nitrogens is 3. The Kier molecular flexibility index (Phi) is 2.54. The molecule has 2 aromatic rings. The molecular formula is C8H9ClN4S. The molecule has 0 aliphatic rings. The molecule has 6 heteroatoms. The van der Waals surface area contributed by atoms with Crippen LogP contribution >= 0.6 is 22.9 Å². The summed E-state index contributed by atoms with van der Waals surface area (Å²) in [6.45, 7) is 0. The Labute approximate surface area is 90.3 Å². The summed E-state index contributed by atoms with van der Waals surface area (Å²) in [4.78, 5) is 1.01. The van der Waals surface area contributed by atoms with E-state index in [1.165, 1.54) is 11.3 Å². The second-order valence-electron chi connectivity index (χ2n) is 2.90. The molecule has 1 unspecified atom stereocenters. The summed E-state index contributed by atoms with van der Waals surface area (Å²) in [5.41, 5.74) is 6.90. The van der Waals surface area contributed by atoms with Crippen molar-refractivity contribution in [3.63, 3.8) is 0 Å². The third kappa shape index (κ3) is 1.66. The molecule has 2 aromatic heterocycles. The van der Waals surface area contributed by atoms with Gasteiger partial charge in [0, 0.05) is 11.9 Å². The summed E-state index contributed by atoms with van der Waals surface area (Å²) in [6.07, 6.45) is 1.66. The van der Waals surface area contributed by atoms with Crippen LogP contribution in [0.25, 0.3) is 0 Å². The van der Waals surface area contributed by atoms with Crippen molar-refractivity contribution in [2.24, 2.45) is 12.8 Å². The van der Waals surface area contributed by atoms with Crippen LogP contribution in [0.15, 0.2) is 18.3 Å². The maximum atomic E-state index is 6.03. The molecule has 0 radical (unpaired) electrons. The predicted molar refractivity (Wildman–Crippen MR) is 56.4 cm³/mol. The van der Waals surface area contributed by atoms with Crippen LogP contribution < -0.4 is 5.73 Å². The molecule has 0 fully saturated rings. The van der Waals surface area contributed by atoms with Crippen molar-refractivity contribution in [3.8, 4) is 0 Å². The SMILES string of the molecule is Cn1nncc1C(N)c1ccc(Cl)s1. The van der Waals surface area contributed by atoms with Gasteiger partial charge in [0.15, 0.2) is 0 Å². The molecule has 14 heavy (non-hydrogen) atoms. The summed E-state index contributed by atoms with van der Waals surface area (Å²) in [6, 6.07) is 3.56. The number of aryl methyl sites for hydroxylation is 1. The first kappa shape index (κ1) is 9.64. The van der Waals surface area contributed by atoms with Crippen molar-refractivity contribution in [3.05, 3.63) is 33.2 Å². The highest BCUT2D eigenvalue weighted by Crippen LogP contribution is 2.28. The van der Waals surface area contributed by atoms with Crippen LogP contribution in [0.2, 0.25) is 4.34 Å². The largest absolute Gasteiger partial charge is 0.318 e. The van der Waals surface area contributed by atoms with Crippen LogP contribution in [0, 0.1) is 0 Å². The van der Waals surface area contributed by atoms with Crippen LogP contribution in [0.1, 0.15) is 16.6 Å². The Balaban J connectivity index is 2.33. The Morgan fingerprint density at radius 3 is 2.86 bits per heavy atom. The summed E-state index contributed by atoms with van der Waals surface area (Å²) >= 11 is 7.30. The third-order valence-electron chi connectivity index (χ3n) is 1.97. The fourth-order valence-electron chi connectivity index (χ4n) is 1.22. The van der Waals surface area contributed by atoms with Crippen molar-refractivity contribution in [1.82, 2.24) is 15.0 Å². The van der Waals surface area contributed by atoms with Gasteiger partial charge in [-0.15, -0.1) is 16.4 Å². The Morgan fingerprint density at radius 2 is 2.36 bits per heavy atom. The lowest BCUT2D eigenvalue weighted by atomic mass is 10.2. The summed E-state index contributed by atoms with van der Waals surface area (Å²) in [5, 5.41) is 7.61. The van der Waals surface area contributed by atoms with E-state index in [4.69, 9.17) is 17.3 Å². The van der Waals surface area contributed by atoms with Gasteiger partial charge in [-0.3, -0.25) is 4.68 Å². The van der Waals surface area contributed by atoms with Crippen LogP contribution in [0.5, 0.6) is 0 Å². The van der Waals surface area contributed by atoms with Crippen LogP contribution in [0.3, 0.4) is 0 Å². The Hall–Kier alpha value is -0.910. The minimum absolute atomic E-state index is 0.201. The molecule has 0 saturated heterocycles. The second-order valence-corrected chi connectivity index (χ2v) is 4.65. The number of halogens is 1. The summed E-state index contributed by atoms with van der Waals surface area (Å²) < 4.78 is 2.41. The van der Waals surface area contributed by atoms with Crippen molar-refractivity contribution in [2.75, 3.05) is 0 Å². The molecule has 2 heterocycles. The van der Waals surface area contributed by atoms with Gasteiger partial charge in [0.2, 0.25) is 0 Å². The first-order valence-corrected chi connectivity index (χ1v) is 5.23. The van der Waals surface area contributed by atoms with Crippen LogP contribution in [0.4, 0.5) is 0 Å². The molecule has 1 atom stereocenters. The fraction of sp³-hybridized carbons (Fsp3) is 0.250. The highest BCUT2D eigenvalue weighted by molar-refractivity contribution is 7.16. The highest BCUT2D eigenvalue weighted by atomic mass is 35.5. The standard InChI is InChI=1S/C8H9ClN4S/c1-13-5(4-11-12-13)8(10)6-2-3-7(9)14-6/h2-4,8H,10H2,1H3. The smallest absolute Gasteiger partial charge is 0.0931 e. The van der Waals surface area contributed by atoms with Gasteiger partial charge in [-0.25, -0.2) is 0 Å². The minimum atomic E-state index is -0.201. The topological polar surface area (TPSA) is 56.7 Å². The van der Waals surface area contributed by atoms with Gasteiger partial charge < -0.3 is 5.73 Å². The molecule has 2 N–H and O–H groups in total. The first-order valence-electron chi connectivity index (χ1n) is 4.04. The van der Waals surface area contributed by atoms with Gasteiger partial charge in [0.1, 0.15) is 0 Å². The Morgan fingerprint density at radius 1 is 1.57 bits per heavy atom. The molecule has 2 rings (SSSR count). The van der Waals surface area contributed by atoms with Crippen molar-refractivity contribution in [1.29, 1.82) is 0 Å². The zero-order valence-corrected chi connectivity index (χ0v) is 9.09. The molecule has 0 bridgehead atoms. The van der Waals surface area contributed by atoms with E-state index in [-0.39, 0.29) is 6.04 Å². The van der Waals surface area contributed by atoms with E-state index in [9.17, 15) is 0 Å². The fourth-order valence-corrected chi connectivity index (χ4v) is 2.30. The molecule has 0 aliphatic carbocycles. The predicted octanol–water partition coefficient (Wildman–Crippen LogP) is 1.58. The molecule has 0 spiro atoms. The molecule has 4 nitrogen and oxygen atoms in total. The van der Waals surface area contributed by atoms with Gasteiger partial charge in [0.25, 0.3) is 0 Å². The van der Waals surface area contributed by atoms with Gasteiger partial charge >= 0.3 is 0 Å². The number of hydrogen-bond donors (Lipinski definition) is 1. The lowest BCUT2D eigenvalue weighted by Crippen LogP contribution is -2.14. The van der Waals surface area contributed by atoms with Gasteiger partial charge in [-0.1, -0.05) is 16.8 Å². The molecule has 0 aliphatic heterocycles. The zero-order valence-electron chi connectivity index (χ0n) is 7.51. The number of nitrogens with zero attached hydrogens (tertiary/aromatic N) is 3. The average molecular weight is 229 g/mol. The quantitative estimate of drug-likeness (QED) is 0.849. The van der Waals surface area contributed by atoms with Crippen molar-refractivity contribution < 1.29 is 0 Å². The molecule has 0 aromatic carbocycles. The lowest BCUT2D eigenvalue weighted by molar-refractivity contribution is 0.654. The molecular weight excluding hydrogens is 220 g/mol. The van der Waals surface area contributed by atoms with Crippen molar-refractivity contribution in [2.45, 2.75) is 6.04 Å². The number of rotatable bonds is 2. The normalized spacial score (nSPS) is 13.1. The summed E-state index contributed by atoms with van der Waals surface area (Å²) in [7, 11) is 1.82. The average Bonchev–Trinajstić information content (AvgIpc) is 2.73. The molecule has 0 amide bonds. The molecule has 74 valence electrons. The second kappa shape index (κ2) is 3.68. The van der Waals surface area contributed by atoms with E-state index in [0.717, 1.165) is 14.9 Å². The monoisotopic (exact) mass is 228 g/mol. The highest BCUT2D eigenvalue weighted by Gasteiger charge is 2.14. The third-order valence-corrected chi connectivity index (χ3v) is 3.28. The maximum Gasteiger partial charge on any atom is 0.0931 e. The first-order chi connectivity index (χ1) is 6.68. The van der Waals surface area contributed by atoms with E-state index in [1.807, 2.05) is 19.2 Å². The van der Waals surface area contributed by atoms with E-state index < -0.39 is 0 Å². The Bertz CT molecular complexity index is 436. The number of thiophene rings is 1. The van der Waals surface area contributed by atoms with E-state index in [1.54, 1.807) is 10.9 Å². The number of hydrogen-bond acceptors (Lipinski definition) is 4.